The second-order valence-electron chi connectivity index (χ2n) is 7.39. The lowest BCUT2D eigenvalue weighted by atomic mass is 10.2. The van der Waals surface area contributed by atoms with E-state index >= 15 is 0 Å². The van der Waals surface area contributed by atoms with Gasteiger partial charge in [-0.3, -0.25) is 4.79 Å². The van der Waals surface area contributed by atoms with Gasteiger partial charge in [0.2, 0.25) is 5.88 Å². The van der Waals surface area contributed by atoms with E-state index in [1.807, 2.05) is 64.2 Å². The highest BCUT2D eigenvalue weighted by atomic mass is 16.5. The van der Waals surface area contributed by atoms with Gasteiger partial charge in [-0.2, -0.15) is 0 Å². The molecular weight excluding hydrogens is 380 g/mol. The van der Waals surface area contributed by atoms with Gasteiger partial charge < -0.3 is 14.1 Å². The van der Waals surface area contributed by atoms with E-state index in [4.69, 9.17) is 9.15 Å². The van der Waals surface area contributed by atoms with Gasteiger partial charge in [-0.05, 0) is 56.7 Å². The molecule has 0 fully saturated rings. The number of anilines is 1. The molecule has 0 unspecified atom stereocenters. The number of pyridine rings is 1. The molecular formula is C23H24N4O3. The molecule has 0 N–H and O–H groups in total. The Morgan fingerprint density at radius 3 is 2.63 bits per heavy atom. The first-order valence-electron chi connectivity index (χ1n) is 9.75. The number of rotatable bonds is 6. The molecule has 0 aliphatic carbocycles. The number of aryl methyl sites for hydroxylation is 4. The molecule has 4 aromatic rings. The van der Waals surface area contributed by atoms with Crippen molar-refractivity contribution in [1.29, 1.82) is 0 Å². The summed E-state index contributed by atoms with van der Waals surface area (Å²) in [5.41, 5.74) is 4.57. The van der Waals surface area contributed by atoms with Crippen LogP contribution in [0.15, 0.2) is 53.1 Å². The third-order valence-electron chi connectivity index (χ3n) is 4.96. The van der Waals surface area contributed by atoms with Crippen molar-refractivity contribution >= 4 is 22.6 Å². The van der Waals surface area contributed by atoms with Crippen molar-refractivity contribution in [2.75, 3.05) is 11.5 Å². The van der Waals surface area contributed by atoms with Crippen LogP contribution >= 0.6 is 0 Å². The first-order valence-corrected chi connectivity index (χ1v) is 9.75. The third-order valence-corrected chi connectivity index (χ3v) is 4.96. The fourth-order valence-electron chi connectivity index (χ4n) is 3.46. The number of nitrogens with zero attached hydrogens (tertiary/aromatic N) is 4. The number of fused-ring (bicyclic) bond motifs is 1. The Hall–Kier alpha value is -3.61. The van der Waals surface area contributed by atoms with Crippen molar-refractivity contribution < 1.29 is 13.9 Å². The fourth-order valence-corrected chi connectivity index (χ4v) is 3.46. The number of carbonyl (C=O) groups is 1. The number of furan rings is 1. The molecule has 7 heteroatoms. The summed E-state index contributed by atoms with van der Waals surface area (Å²) in [6.07, 6.45) is 1.60. The average molecular weight is 404 g/mol. The molecule has 154 valence electrons. The van der Waals surface area contributed by atoms with E-state index in [1.54, 1.807) is 21.9 Å². The van der Waals surface area contributed by atoms with Gasteiger partial charge in [-0.1, -0.05) is 17.7 Å². The Labute approximate surface area is 174 Å². The third kappa shape index (κ3) is 3.91. The zero-order valence-electron chi connectivity index (χ0n) is 17.5. The second-order valence-corrected chi connectivity index (χ2v) is 7.39. The first kappa shape index (κ1) is 19.7. The maximum absolute atomic E-state index is 13.1. The highest BCUT2D eigenvalue weighted by Crippen LogP contribution is 2.27. The molecule has 0 aliphatic rings. The number of ether oxygens (including phenoxy) is 1. The lowest BCUT2D eigenvalue weighted by molar-refractivity contribution is -0.120. The molecule has 3 aromatic heterocycles. The van der Waals surface area contributed by atoms with E-state index < -0.39 is 0 Å². The summed E-state index contributed by atoms with van der Waals surface area (Å²) in [4.78, 5) is 19.3. The molecule has 3 heterocycles. The van der Waals surface area contributed by atoms with Gasteiger partial charge in [0.25, 0.3) is 5.91 Å². The maximum Gasteiger partial charge on any atom is 0.265 e. The molecule has 7 nitrogen and oxygen atoms in total. The van der Waals surface area contributed by atoms with Crippen molar-refractivity contribution in [1.82, 2.24) is 14.8 Å². The van der Waals surface area contributed by atoms with Gasteiger partial charge in [0.15, 0.2) is 12.3 Å². The van der Waals surface area contributed by atoms with Crippen molar-refractivity contribution in [2.24, 2.45) is 7.05 Å². The summed E-state index contributed by atoms with van der Waals surface area (Å²) in [5, 5.41) is 5.25. The average Bonchev–Trinajstić information content (AvgIpc) is 3.33. The van der Waals surface area contributed by atoms with Gasteiger partial charge in [0.05, 0.1) is 18.2 Å². The van der Waals surface area contributed by atoms with Crippen molar-refractivity contribution in [3.8, 4) is 5.88 Å². The van der Waals surface area contributed by atoms with Crippen molar-refractivity contribution in [3.63, 3.8) is 0 Å². The Bertz CT molecular complexity index is 1180. The number of hydrogen-bond acceptors (Lipinski definition) is 5. The molecule has 4 rings (SSSR count). The molecule has 1 aromatic carbocycles. The van der Waals surface area contributed by atoms with Crippen LogP contribution in [0.4, 0.5) is 5.69 Å². The molecule has 0 atom stereocenters. The molecule has 0 aliphatic heterocycles. The molecule has 0 spiro atoms. The fraction of sp³-hybridized carbons (Fsp3) is 0.261. The van der Waals surface area contributed by atoms with E-state index in [9.17, 15) is 4.79 Å². The van der Waals surface area contributed by atoms with E-state index in [0.29, 0.717) is 18.2 Å². The van der Waals surface area contributed by atoms with Crippen molar-refractivity contribution in [2.45, 2.75) is 27.3 Å². The highest BCUT2D eigenvalue weighted by molar-refractivity contribution is 5.94. The van der Waals surface area contributed by atoms with E-state index in [1.165, 1.54) is 0 Å². The lowest BCUT2D eigenvalue weighted by Gasteiger charge is -2.22. The van der Waals surface area contributed by atoms with Crippen LogP contribution in [0.5, 0.6) is 5.88 Å². The van der Waals surface area contributed by atoms with Crippen LogP contribution in [-0.2, 0) is 18.4 Å². The molecule has 0 saturated heterocycles. The summed E-state index contributed by atoms with van der Waals surface area (Å²) in [7, 11) is 1.82. The highest BCUT2D eigenvalue weighted by Gasteiger charge is 2.21. The van der Waals surface area contributed by atoms with Crippen LogP contribution in [0, 0.1) is 20.8 Å². The second kappa shape index (κ2) is 8.02. The van der Waals surface area contributed by atoms with E-state index in [-0.39, 0.29) is 12.5 Å². The molecule has 0 bridgehead atoms. The number of aromatic nitrogens is 3. The Morgan fingerprint density at radius 2 is 1.93 bits per heavy atom. The summed E-state index contributed by atoms with van der Waals surface area (Å²) in [6, 6.07) is 13.4. The largest absolute Gasteiger partial charge is 0.467 e. The number of hydrogen-bond donors (Lipinski definition) is 0. The zero-order chi connectivity index (χ0) is 21.3. The molecule has 0 saturated carbocycles. The quantitative estimate of drug-likeness (QED) is 0.484. The summed E-state index contributed by atoms with van der Waals surface area (Å²) < 4.78 is 13.0. The smallest absolute Gasteiger partial charge is 0.265 e. The predicted octanol–water partition coefficient (Wildman–Crippen LogP) is 4.10. The SMILES string of the molecule is Cc1ccc(N(Cc2ccco2)C(=O)COc2nn(C)c3nc(C)cc(C)c23)cc1. The van der Waals surface area contributed by atoms with Gasteiger partial charge in [0.1, 0.15) is 5.76 Å². The zero-order valence-corrected chi connectivity index (χ0v) is 17.5. The minimum Gasteiger partial charge on any atom is -0.467 e. The van der Waals surface area contributed by atoms with Gasteiger partial charge >= 0.3 is 0 Å². The summed E-state index contributed by atoms with van der Waals surface area (Å²) in [5.74, 6) is 0.919. The summed E-state index contributed by atoms with van der Waals surface area (Å²) >= 11 is 0. The van der Waals surface area contributed by atoms with Crippen LogP contribution in [-0.4, -0.2) is 27.3 Å². The number of amides is 1. The van der Waals surface area contributed by atoms with Crippen LogP contribution < -0.4 is 9.64 Å². The minimum absolute atomic E-state index is 0.145. The predicted molar refractivity (Wildman–Crippen MR) is 115 cm³/mol. The van der Waals surface area contributed by atoms with Gasteiger partial charge in [-0.15, -0.1) is 5.10 Å². The number of benzene rings is 1. The van der Waals surface area contributed by atoms with Gasteiger partial charge in [0, 0.05) is 18.4 Å². The van der Waals surface area contributed by atoms with Crippen molar-refractivity contribution in [3.05, 3.63) is 71.3 Å². The lowest BCUT2D eigenvalue weighted by Crippen LogP contribution is -2.34. The Kier molecular flexibility index (Phi) is 5.27. The Morgan fingerprint density at radius 1 is 1.17 bits per heavy atom. The van der Waals surface area contributed by atoms with Crippen LogP contribution in [0.2, 0.25) is 0 Å². The van der Waals surface area contributed by atoms with Crippen LogP contribution in [0.25, 0.3) is 11.0 Å². The van der Waals surface area contributed by atoms with Crippen LogP contribution in [0.3, 0.4) is 0 Å². The van der Waals surface area contributed by atoms with Crippen LogP contribution in [0.1, 0.15) is 22.6 Å². The maximum atomic E-state index is 13.1. The monoisotopic (exact) mass is 404 g/mol. The summed E-state index contributed by atoms with van der Waals surface area (Å²) in [6.45, 7) is 6.12. The minimum atomic E-state index is -0.188. The number of carbonyl (C=O) groups excluding carboxylic acids is 1. The standard InChI is InChI=1S/C23H24N4O3/c1-15-7-9-18(10-8-15)27(13-19-6-5-11-29-19)20(28)14-30-23-21-16(2)12-17(3)24-22(21)26(4)25-23/h5-12H,13-14H2,1-4H3. The first-order chi connectivity index (χ1) is 14.4. The molecule has 1 amide bonds. The van der Waals surface area contributed by atoms with E-state index in [2.05, 4.69) is 10.1 Å². The Balaban J connectivity index is 1.58. The van der Waals surface area contributed by atoms with E-state index in [0.717, 1.165) is 33.5 Å². The topological polar surface area (TPSA) is 73.4 Å². The molecule has 30 heavy (non-hydrogen) atoms. The van der Waals surface area contributed by atoms with Gasteiger partial charge in [-0.25, -0.2) is 9.67 Å². The normalized spacial score (nSPS) is 11.1. The molecule has 0 radical (unpaired) electrons.